The van der Waals surface area contributed by atoms with Crippen LogP contribution in [0.15, 0.2) is 12.4 Å². The molecule has 2 rings (SSSR count). The highest BCUT2D eigenvalue weighted by molar-refractivity contribution is 5.46. The van der Waals surface area contributed by atoms with Gasteiger partial charge >= 0.3 is 0 Å². The van der Waals surface area contributed by atoms with Gasteiger partial charge in [0.05, 0.1) is 0 Å². The molecule has 1 fully saturated rings. The first-order chi connectivity index (χ1) is 9.31. The van der Waals surface area contributed by atoms with Crippen molar-refractivity contribution in [1.29, 1.82) is 0 Å². The summed E-state index contributed by atoms with van der Waals surface area (Å²) >= 11 is 0. The average Bonchev–Trinajstić information content (AvgIpc) is 2.46. The molecule has 0 spiro atoms. The fourth-order valence-corrected chi connectivity index (χ4v) is 2.52. The zero-order chi connectivity index (χ0) is 13.5. The molecule has 0 atom stereocenters. The molecule has 0 aliphatic heterocycles. The average molecular weight is 263 g/mol. The summed E-state index contributed by atoms with van der Waals surface area (Å²) < 4.78 is 0. The molecule has 1 aliphatic carbocycles. The quantitative estimate of drug-likeness (QED) is 0.735. The van der Waals surface area contributed by atoms with E-state index in [0.717, 1.165) is 24.6 Å². The topological polar surface area (TPSA) is 61.9 Å². The standard InChI is InChI=1S/C14H25N5/c1-3-8-16-13-9-14(18-10-17-13)19-12-6-4-11(15-2)5-7-12/h9-12,15H,3-8H2,1-2H3,(H2,16,17,18,19). The molecule has 1 aromatic rings. The first kappa shape index (κ1) is 14.1. The summed E-state index contributed by atoms with van der Waals surface area (Å²) in [7, 11) is 2.05. The van der Waals surface area contributed by atoms with Crippen molar-refractivity contribution in [3.05, 3.63) is 12.4 Å². The summed E-state index contributed by atoms with van der Waals surface area (Å²) in [5, 5.41) is 10.2. The van der Waals surface area contributed by atoms with E-state index in [1.54, 1.807) is 6.33 Å². The van der Waals surface area contributed by atoms with Crippen molar-refractivity contribution in [3.63, 3.8) is 0 Å². The molecule has 5 nitrogen and oxygen atoms in total. The minimum Gasteiger partial charge on any atom is -0.370 e. The third-order valence-corrected chi connectivity index (χ3v) is 3.71. The maximum atomic E-state index is 4.30. The largest absolute Gasteiger partial charge is 0.370 e. The molecule has 0 saturated heterocycles. The van der Waals surface area contributed by atoms with Crippen molar-refractivity contribution in [2.24, 2.45) is 0 Å². The fourth-order valence-electron chi connectivity index (χ4n) is 2.52. The van der Waals surface area contributed by atoms with Crippen molar-refractivity contribution in [1.82, 2.24) is 15.3 Å². The summed E-state index contributed by atoms with van der Waals surface area (Å²) in [6.07, 6.45) is 7.60. The Labute approximate surface area is 115 Å². The summed E-state index contributed by atoms with van der Waals surface area (Å²) in [4.78, 5) is 8.53. The van der Waals surface area contributed by atoms with Gasteiger partial charge in [-0.25, -0.2) is 9.97 Å². The second kappa shape index (κ2) is 7.28. The zero-order valence-electron chi connectivity index (χ0n) is 11.9. The molecule has 1 saturated carbocycles. The summed E-state index contributed by atoms with van der Waals surface area (Å²) in [6, 6.07) is 3.23. The molecule has 5 heteroatoms. The van der Waals surface area contributed by atoms with Crippen LogP contribution in [0.1, 0.15) is 39.0 Å². The van der Waals surface area contributed by atoms with Gasteiger partial charge in [0.15, 0.2) is 0 Å². The first-order valence-electron chi connectivity index (χ1n) is 7.31. The molecule has 0 aromatic carbocycles. The van der Waals surface area contributed by atoms with E-state index in [-0.39, 0.29) is 0 Å². The van der Waals surface area contributed by atoms with E-state index in [1.165, 1.54) is 25.7 Å². The highest BCUT2D eigenvalue weighted by Crippen LogP contribution is 2.21. The highest BCUT2D eigenvalue weighted by Gasteiger charge is 2.19. The highest BCUT2D eigenvalue weighted by atomic mass is 15.1. The van der Waals surface area contributed by atoms with Crippen LogP contribution in [0, 0.1) is 0 Å². The molecule has 19 heavy (non-hydrogen) atoms. The normalized spacial score (nSPS) is 23.1. The third-order valence-electron chi connectivity index (χ3n) is 3.71. The molecule has 0 unspecified atom stereocenters. The number of nitrogens with one attached hydrogen (secondary N) is 3. The van der Waals surface area contributed by atoms with Crippen molar-refractivity contribution in [2.45, 2.75) is 51.1 Å². The van der Waals surface area contributed by atoms with E-state index in [2.05, 4.69) is 39.9 Å². The van der Waals surface area contributed by atoms with Gasteiger partial charge in [-0.2, -0.15) is 0 Å². The van der Waals surface area contributed by atoms with Crippen LogP contribution >= 0.6 is 0 Å². The molecular formula is C14H25N5. The van der Waals surface area contributed by atoms with Gasteiger partial charge in [0.2, 0.25) is 0 Å². The van der Waals surface area contributed by atoms with E-state index < -0.39 is 0 Å². The lowest BCUT2D eigenvalue weighted by molar-refractivity contribution is 0.371. The van der Waals surface area contributed by atoms with Crippen molar-refractivity contribution in [3.8, 4) is 0 Å². The van der Waals surface area contributed by atoms with Crippen molar-refractivity contribution >= 4 is 11.6 Å². The van der Waals surface area contributed by atoms with Crippen LogP contribution in [0.3, 0.4) is 0 Å². The molecule has 1 aromatic heterocycles. The Morgan fingerprint density at radius 2 is 1.79 bits per heavy atom. The van der Waals surface area contributed by atoms with Crippen LogP contribution in [0.4, 0.5) is 11.6 Å². The lowest BCUT2D eigenvalue weighted by atomic mass is 9.91. The van der Waals surface area contributed by atoms with Crippen molar-refractivity contribution < 1.29 is 0 Å². The molecule has 0 bridgehead atoms. The van der Waals surface area contributed by atoms with Gasteiger partial charge in [0, 0.05) is 24.7 Å². The first-order valence-corrected chi connectivity index (χ1v) is 7.31. The molecular weight excluding hydrogens is 238 g/mol. The van der Waals surface area contributed by atoms with Gasteiger partial charge in [-0.3, -0.25) is 0 Å². The Morgan fingerprint density at radius 1 is 1.11 bits per heavy atom. The van der Waals surface area contributed by atoms with Crippen LogP contribution in [0.2, 0.25) is 0 Å². The number of rotatable bonds is 6. The van der Waals surface area contributed by atoms with Crippen LogP contribution in [0.25, 0.3) is 0 Å². The van der Waals surface area contributed by atoms with E-state index in [9.17, 15) is 0 Å². The maximum absolute atomic E-state index is 4.30. The lowest BCUT2D eigenvalue weighted by Gasteiger charge is -2.29. The summed E-state index contributed by atoms with van der Waals surface area (Å²) in [5.41, 5.74) is 0. The van der Waals surface area contributed by atoms with E-state index in [0.29, 0.717) is 12.1 Å². The zero-order valence-corrected chi connectivity index (χ0v) is 11.9. The molecule has 0 amide bonds. The van der Waals surface area contributed by atoms with Crippen LogP contribution in [0.5, 0.6) is 0 Å². The molecule has 106 valence electrons. The number of nitrogens with zero attached hydrogens (tertiary/aromatic N) is 2. The predicted molar refractivity (Wildman–Crippen MR) is 79.5 cm³/mol. The Kier molecular flexibility index (Phi) is 5.39. The number of anilines is 2. The second-order valence-electron chi connectivity index (χ2n) is 5.20. The lowest BCUT2D eigenvalue weighted by Crippen LogP contribution is -2.35. The molecule has 3 N–H and O–H groups in total. The van der Waals surface area contributed by atoms with Gasteiger partial charge in [0.1, 0.15) is 18.0 Å². The van der Waals surface area contributed by atoms with E-state index in [1.807, 2.05) is 6.07 Å². The van der Waals surface area contributed by atoms with Gasteiger partial charge in [-0.05, 0) is 39.2 Å². The Balaban J connectivity index is 1.85. The molecule has 0 radical (unpaired) electrons. The second-order valence-corrected chi connectivity index (χ2v) is 5.20. The van der Waals surface area contributed by atoms with Gasteiger partial charge in [0.25, 0.3) is 0 Å². The Bertz CT molecular complexity index is 374. The minimum atomic E-state index is 0.540. The summed E-state index contributed by atoms with van der Waals surface area (Å²) in [6.45, 7) is 3.09. The van der Waals surface area contributed by atoms with Gasteiger partial charge < -0.3 is 16.0 Å². The third kappa shape index (κ3) is 4.35. The fraction of sp³-hybridized carbons (Fsp3) is 0.714. The van der Waals surface area contributed by atoms with E-state index in [4.69, 9.17) is 0 Å². The minimum absolute atomic E-state index is 0.540. The van der Waals surface area contributed by atoms with Gasteiger partial charge in [-0.15, -0.1) is 0 Å². The SMILES string of the molecule is CCCNc1cc(NC2CCC(NC)CC2)ncn1. The molecule has 1 heterocycles. The van der Waals surface area contributed by atoms with Gasteiger partial charge in [-0.1, -0.05) is 6.92 Å². The van der Waals surface area contributed by atoms with Crippen LogP contribution in [-0.4, -0.2) is 35.6 Å². The monoisotopic (exact) mass is 263 g/mol. The smallest absolute Gasteiger partial charge is 0.131 e. The number of aromatic nitrogens is 2. The van der Waals surface area contributed by atoms with Crippen LogP contribution < -0.4 is 16.0 Å². The van der Waals surface area contributed by atoms with Crippen LogP contribution in [-0.2, 0) is 0 Å². The van der Waals surface area contributed by atoms with E-state index >= 15 is 0 Å². The number of hydrogen-bond acceptors (Lipinski definition) is 5. The maximum Gasteiger partial charge on any atom is 0.131 e. The Hall–Kier alpha value is -1.36. The summed E-state index contributed by atoms with van der Waals surface area (Å²) in [5.74, 6) is 1.84. The predicted octanol–water partition coefficient (Wildman–Crippen LogP) is 2.24. The number of hydrogen-bond donors (Lipinski definition) is 3. The molecule has 1 aliphatic rings. The van der Waals surface area contributed by atoms with Crippen molar-refractivity contribution in [2.75, 3.05) is 24.2 Å². The Morgan fingerprint density at radius 3 is 2.47 bits per heavy atom.